The van der Waals surface area contributed by atoms with E-state index in [0.717, 1.165) is 16.3 Å². The van der Waals surface area contributed by atoms with Crippen LogP contribution in [0.5, 0.6) is 5.75 Å². The molecule has 3 rings (SSSR count). The largest absolute Gasteiger partial charge is 0.492 e. The number of aromatic nitrogens is 1. The predicted molar refractivity (Wildman–Crippen MR) is 110 cm³/mol. The highest BCUT2D eigenvalue weighted by molar-refractivity contribution is 7.13. The first-order valence-corrected chi connectivity index (χ1v) is 10.0. The molecule has 6 heteroatoms. The Labute approximate surface area is 168 Å². The number of carbonyl (C=O) groups excluding carboxylic acids is 1. The molecule has 1 heterocycles. The summed E-state index contributed by atoms with van der Waals surface area (Å²) < 4.78 is 5.59. The van der Waals surface area contributed by atoms with E-state index in [1.54, 1.807) is 17.4 Å². The van der Waals surface area contributed by atoms with Crippen molar-refractivity contribution in [2.45, 2.75) is 26.3 Å². The molecule has 140 valence electrons. The Morgan fingerprint density at radius 3 is 2.78 bits per heavy atom. The van der Waals surface area contributed by atoms with E-state index < -0.39 is 0 Å². The van der Waals surface area contributed by atoms with Crippen LogP contribution in [0.15, 0.2) is 53.9 Å². The third-order valence-corrected chi connectivity index (χ3v) is 5.27. The number of amides is 1. The van der Waals surface area contributed by atoms with Gasteiger partial charge in [0.25, 0.3) is 0 Å². The molecule has 0 bridgehead atoms. The van der Waals surface area contributed by atoms with E-state index in [0.29, 0.717) is 36.8 Å². The Morgan fingerprint density at radius 2 is 1.96 bits per heavy atom. The normalized spacial score (nSPS) is 10.6. The van der Waals surface area contributed by atoms with E-state index in [1.165, 1.54) is 5.56 Å². The van der Waals surface area contributed by atoms with Gasteiger partial charge in [0, 0.05) is 17.4 Å². The molecule has 1 N–H and O–H groups in total. The molecule has 0 aliphatic rings. The van der Waals surface area contributed by atoms with E-state index in [1.807, 2.05) is 35.7 Å². The van der Waals surface area contributed by atoms with E-state index in [9.17, 15) is 4.79 Å². The number of benzene rings is 2. The Balaban J connectivity index is 1.41. The van der Waals surface area contributed by atoms with Crippen LogP contribution in [0.2, 0.25) is 5.02 Å². The molecule has 0 aliphatic heterocycles. The Kier molecular flexibility index (Phi) is 6.85. The van der Waals surface area contributed by atoms with Gasteiger partial charge in [0.15, 0.2) is 0 Å². The summed E-state index contributed by atoms with van der Waals surface area (Å²) in [6.45, 7) is 2.96. The van der Waals surface area contributed by atoms with Crippen LogP contribution in [-0.2, 0) is 11.3 Å². The SMILES string of the molecule is Cc1ccccc1-c1nc(CNC(=O)CCCOc2ccccc2Cl)cs1. The third kappa shape index (κ3) is 5.55. The van der Waals surface area contributed by atoms with Crippen molar-refractivity contribution in [3.63, 3.8) is 0 Å². The highest BCUT2D eigenvalue weighted by Gasteiger charge is 2.08. The second-order valence-electron chi connectivity index (χ2n) is 6.12. The average molecular weight is 401 g/mol. The van der Waals surface area contributed by atoms with Gasteiger partial charge in [-0.2, -0.15) is 0 Å². The molecule has 1 amide bonds. The van der Waals surface area contributed by atoms with Gasteiger partial charge in [-0.15, -0.1) is 11.3 Å². The topological polar surface area (TPSA) is 51.2 Å². The smallest absolute Gasteiger partial charge is 0.220 e. The zero-order valence-electron chi connectivity index (χ0n) is 15.1. The van der Waals surface area contributed by atoms with Crippen LogP contribution in [0.4, 0.5) is 0 Å². The Hall–Kier alpha value is -2.37. The highest BCUT2D eigenvalue weighted by atomic mass is 35.5. The Bertz CT molecular complexity index is 910. The summed E-state index contributed by atoms with van der Waals surface area (Å²) in [5.41, 5.74) is 3.21. The second kappa shape index (κ2) is 9.53. The molecule has 0 radical (unpaired) electrons. The number of carbonyl (C=O) groups is 1. The summed E-state index contributed by atoms with van der Waals surface area (Å²) in [5.74, 6) is 0.633. The van der Waals surface area contributed by atoms with Gasteiger partial charge in [-0.3, -0.25) is 4.79 Å². The summed E-state index contributed by atoms with van der Waals surface area (Å²) in [6.07, 6.45) is 1.03. The van der Waals surface area contributed by atoms with Crippen molar-refractivity contribution in [2.75, 3.05) is 6.61 Å². The van der Waals surface area contributed by atoms with Gasteiger partial charge in [-0.25, -0.2) is 4.98 Å². The number of para-hydroxylation sites is 1. The average Bonchev–Trinajstić information content (AvgIpc) is 3.14. The first kappa shape index (κ1) is 19.4. The van der Waals surface area contributed by atoms with Gasteiger partial charge in [0.1, 0.15) is 10.8 Å². The summed E-state index contributed by atoms with van der Waals surface area (Å²) in [4.78, 5) is 16.6. The molecule has 3 aromatic rings. The number of nitrogens with zero attached hydrogens (tertiary/aromatic N) is 1. The van der Waals surface area contributed by atoms with Crippen LogP contribution in [0.25, 0.3) is 10.6 Å². The van der Waals surface area contributed by atoms with Crippen LogP contribution in [0.1, 0.15) is 24.1 Å². The van der Waals surface area contributed by atoms with Crippen molar-refractivity contribution < 1.29 is 9.53 Å². The standard InChI is InChI=1S/C21H21ClN2O2S/c1-15-7-2-3-8-17(15)21-24-16(14-27-21)13-23-20(25)11-6-12-26-19-10-5-4-9-18(19)22/h2-5,7-10,14H,6,11-13H2,1H3,(H,23,25). The lowest BCUT2D eigenvalue weighted by Gasteiger charge is -2.07. The lowest BCUT2D eigenvalue weighted by atomic mass is 10.1. The van der Waals surface area contributed by atoms with Crippen LogP contribution in [0, 0.1) is 6.92 Å². The first-order valence-electron chi connectivity index (χ1n) is 8.78. The van der Waals surface area contributed by atoms with Gasteiger partial charge in [0.2, 0.25) is 5.91 Å². The van der Waals surface area contributed by atoms with Crippen molar-refractivity contribution in [3.8, 4) is 16.3 Å². The van der Waals surface area contributed by atoms with E-state index >= 15 is 0 Å². The minimum atomic E-state index is -0.0109. The molecule has 27 heavy (non-hydrogen) atoms. The van der Waals surface area contributed by atoms with Crippen molar-refractivity contribution in [1.29, 1.82) is 0 Å². The fourth-order valence-corrected chi connectivity index (χ4v) is 3.68. The zero-order chi connectivity index (χ0) is 19.1. The number of thiazole rings is 1. The van der Waals surface area contributed by atoms with E-state index in [-0.39, 0.29) is 5.91 Å². The first-order chi connectivity index (χ1) is 13.1. The monoisotopic (exact) mass is 400 g/mol. The number of halogens is 1. The molecular formula is C21H21ClN2O2S. The van der Waals surface area contributed by atoms with Gasteiger partial charge in [-0.1, -0.05) is 48.0 Å². The summed E-state index contributed by atoms with van der Waals surface area (Å²) >= 11 is 7.62. The molecular weight excluding hydrogens is 380 g/mol. The predicted octanol–water partition coefficient (Wildman–Crippen LogP) is 5.25. The van der Waals surface area contributed by atoms with E-state index in [4.69, 9.17) is 16.3 Å². The number of hydrogen-bond donors (Lipinski definition) is 1. The molecule has 0 spiro atoms. The van der Waals surface area contributed by atoms with Crippen LogP contribution in [0.3, 0.4) is 0 Å². The van der Waals surface area contributed by atoms with Gasteiger partial charge in [-0.05, 0) is 31.0 Å². The maximum absolute atomic E-state index is 12.0. The van der Waals surface area contributed by atoms with E-state index in [2.05, 4.69) is 29.4 Å². The minimum Gasteiger partial charge on any atom is -0.492 e. The fourth-order valence-electron chi connectivity index (χ4n) is 2.58. The van der Waals surface area contributed by atoms with Crippen molar-refractivity contribution >= 4 is 28.8 Å². The zero-order valence-corrected chi connectivity index (χ0v) is 16.6. The molecule has 2 aromatic carbocycles. The van der Waals surface area contributed by atoms with Gasteiger partial charge in [0.05, 0.1) is 23.9 Å². The maximum atomic E-state index is 12.0. The Morgan fingerprint density at radius 1 is 1.19 bits per heavy atom. The van der Waals surface area contributed by atoms with Crippen LogP contribution >= 0.6 is 22.9 Å². The van der Waals surface area contributed by atoms with Crippen molar-refractivity contribution in [2.24, 2.45) is 0 Å². The fraction of sp³-hybridized carbons (Fsp3) is 0.238. The highest BCUT2D eigenvalue weighted by Crippen LogP contribution is 2.26. The molecule has 0 unspecified atom stereocenters. The number of ether oxygens (including phenoxy) is 1. The third-order valence-electron chi connectivity index (χ3n) is 4.04. The molecule has 1 aromatic heterocycles. The second-order valence-corrected chi connectivity index (χ2v) is 7.38. The van der Waals surface area contributed by atoms with Gasteiger partial charge < -0.3 is 10.1 Å². The lowest BCUT2D eigenvalue weighted by molar-refractivity contribution is -0.121. The number of nitrogens with one attached hydrogen (secondary N) is 1. The molecule has 4 nitrogen and oxygen atoms in total. The number of aryl methyl sites for hydroxylation is 1. The van der Waals surface area contributed by atoms with Gasteiger partial charge >= 0.3 is 0 Å². The van der Waals surface area contributed by atoms with Crippen molar-refractivity contribution in [3.05, 3.63) is 70.2 Å². The quantitative estimate of drug-likeness (QED) is 0.525. The summed E-state index contributed by atoms with van der Waals surface area (Å²) in [7, 11) is 0. The number of hydrogen-bond acceptors (Lipinski definition) is 4. The van der Waals surface area contributed by atoms with Crippen LogP contribution in [-0.4, -0.2) is 17.5 Å². The molecule has 0 aliphatic carbocycles. The summed E-state index contributed by atoms with van der Waals surface area (Å²) in [5, 5.41) is 6.46. The summed E-state index contributed by atoms with van der Waals surface area (Å²) in [6, 6.07) is 15.5. The molecule has 0 saturated heterocycles. The molecule has 0 saturated carbocycles. The molecule has 0 fully saturated rings. The van der Waals surface area contributed by atoms with Crippen LogP contribution < -0.4 is 10.1 Å². The van der Waals surface area contributed by atoms with Crippen molar-refractivity contribution in [1.82, 2.24) is 10.3 Å². The minimum absolute atomic E-state index is 0.0109. The number of rotatable bonds is 8. The maximum Gasteiger partial charge on any atom is 0.220 e. The lowest BCUT2D eigenvalue weighted by Crippen LogP contribution is -2.23. The molecule has 0 atom stereocenters.